The molecule has 0 aliphatic carbocycles. The van der Waals surface area contributed by atoms with Gasteiger partial charge >= 0.3 is 5.97 Å². The number of rotatable bonds is 2. The van der Waals surface area contributed by atoms with Gasteiger partial charge in [-0.25, -0.2) is 13.6 Å². The number of carbonyl (C=O) groups is 1. The van der Waals surface area contributed by atoms with Gasteiger partial charge < -0.3 is 5.11 Å². The van der Waals surface area contributed by atoms with Crippen molar-refractivity contribution in [3.8, 4) is 0 Å². The molecule has 0 bridgehead atoms. The first-order chi connectivity index (χ1) is 5.61. The van der Waals surface area contributed by atoms with Crippen LogP contribution in [0.2, 0.25) is 0 Å². The number of aromatic carboxylic acids is 1. The van der Waals surface area contributed by atoms with Crippen molar-refractivity contribution >= 4 is 5.97 Å². The molecular weight excluding hydrogens is 170 g/mol. The van der Waals surface area contributed by atoms with Crippen molar-refractivity contribution in [2.45, 2.75) is 6.43 Å². The summed E-state index contributed by atoms with van der Waals surface area (Å²) in [7, 11) is 0. The summed E-state index contributed by atoms with van der Waals surface area (Å²) in [5.74, 6) is -1.37. The lowest BCUT2D eigenvalue weighted by Crippen LogP contribution is -2.03. The number of carboxylic acid groups (broad SMARTS) is 1. The second-order valence-electron chi connectivity index (χ2n) is 1.98. The van der Waals surface area contributed by atoms with Gasteiger partial charge in [0, 0.05) is 5.56 Å². The van der Waals surface area contributed by atoms with Crippen LogP contribution in [0.4, 0.5) is 8.78 Å². The van der Waals surface area contributed by atoms with E-state index in [0.717, 1.165) is 12.3 Å². The summed E-state index contributed by atoms with van der Waals surface area (Å²) in [5, 5.41) is 14.6. The molecule has 6 heteroatoms. The third kappa shape index (κ3) is 1.71. The fourth-order valence-electron chi connectivity index (χ4n) is 0.606. The Morgan fingerprint density at radius 1 is 1.58 bits per heavy atom. The second-order valence-corrected chi connectivity index (χ2v) is 1.98. The number of nitrogens with zero attached hydrogens (tertiary/aromatic N) is 2. The number of halogens is 2. The van der Waals surface area contributed by atoms with E-state index in [4.69, 9.17) is 5.11 Å². The predicted molar refractivity (Wildman–Crippen MR) is 33.9 cm³/mol. The molecule has 12 heavy (non-hydrogen) atoms. The normalized spacial score (nSPS) is 10.2. The van der Waals surface area contributed by atoms with Gasteiger partial charge in [-0.15, -0.1) is 5.10 Å². The highest BCUT2D eigenvalue weighted by Gasteiger charge is 2.11. The average Bonchev–Trinajstić information content (AvgIpc) is 2.04. The molecule has 0 saturated heterocycles. The highest BCUT2D eigenvalue weighted by molar-refractivity contribution is 5.85. The van der Waals surface area contributed by atoms with Crippen molar-refractivity contribution < 1.29 is 18.7 Å². The summed E-state index contributed by atoms with van der Waals surface area (Å²) in [6, 6.07) is 0.792. The number of hydrogen-bond donors (Lipinski definition) is 1. The molecular formula is C6H4F2N2O2. The lowest BCUT2D eigenvalue weighted by atomic mass is 10.3. The zero-order valence-corrected chi connectivity index (χ0v) is 5.74. The van der Waals surface area contributed by atoms with Crippen molar-refractivity contribution in [3.63, 3.8) is 0 Å². The molecule has 1 N–H and O–H groups in total. The van der Waals surface area contributed by atoms with Crippen molar-refractivity contribution in [2.24, 2.45) is 0 Å². The van der Waals surface area contributed by atoms with Crippen LogP contribution in [0.5, 0.6) is 0 Å². The fraction of sp³-hybridized carbons (Fsp3) is 0.167. The van der Waals surface area contributed by atoms with Crippen LogP contribution in [0.25, 0.3) is 0 Å². The number of carboxylic acids is 1. The topological polar surface area (TPSA) is 63.1 Å². The van der Waals surface area contributed by atoms with Crippen LogP contribution in [-0.2, 0) is 0 Å². The molecule has 1 aromatic rings. The first-order valence-electron chi connectivity index (χ1n) is 2.95. The Balaban J connectivity index is 3.04. The van der Waals surface area contributed by atoms with E-state index < -0.39 is 23.7 Å². The maximum atomic E-state index is 11.9. The summed E-state index contributed by atoms with van der Waals surface area (Å²) < 4.78 is 23.9. The third-order valence-electron chi connectivity index (χ3n) is 1.15. The van der Waals surface area contributed by atoms with Gasteiger partial charge in [-0.3, -0.25) is 0 Å². The van der Waals surface area contributed by atoms with Crippen LogP contribution < -0.4 is 0 Å². The highest BCUT2D eigenvalue weighted by atomic mass is 19.3. The minimum absolute atomic E-state index is 0.442. The second kappa shape index (κ2) is 3.21. The molecule has 0 unspecified atom stereocenters. The maximum Gasteiger partial charge on any atom is 0.356 e. The molecule has 64 valence electrons. The Bertz CT molecular complexity index is 303. The van der Waals surface area contributed by atoms with Crippen molar-refractivity contribution in [2.75, 3.05) is 0 Å². The fourth-order valence-corrected chi connectivity index (χ4v) is 0.606. The van der Waals surface area contributed by atoms with Gasteiger partial charge in [-0.05, 0) is 6.07 Å². The van der Waals surface area contributed by atoms with Crippen LogP contribution >= 0.6 is 0 Å². The Morgan fingerprint density at radius 2 is 2.25 bits per heavy atom. The number of alkyl halides is 2. The molecule has 0 atom stereocenters. The van der Waals surface area contributed by atoms with E-state index in [1.165, 1.54) is 0 Å². The van der Waals surface area contributed by atoms with Gasteiger partial charge in [0.1, 0.15) is 0 Å². The van der Waals surface area contributed by atoms with Crippen LogP contribution in [0.3, 0.4) is 0 Å². The number of aromatic nitrogens is 2. The molecule has 4 nitrogen and oxygen atoms in total. The van der Waals surface area contributed by atoms with E-state index in [2.05, 4.69) is 10.2 Å². The summed E-state index contributed by atoms with van der Waals surface area (Å²) >= 11 is 0. The standard InChI is InChI=1S/C6H4F2N2O2/c7-5(8)3-1-4(6(11)12)10-9-2-3/h1-2,5H,(H,11,12). The quantitative estimate of drug-likeness (QED) is 0.729. The maximum absolute atomic E-state index is 11.9. The lowest BCUT2D eigenvalue weighted by Gasteiger charge is -1.97. The van der Waals surface area contributed by atoms with Crippen molar-refractivity contribution in [1.29, 1.82) is 0 Å². The van der Waals surface area contributed by atoms with E-state index in [1.807, 2.05) is 0 Å². The van der Waals surface area contributed by atoms with Crippen LogP contribution in [0.15, 0.2) is 12.3 Å². The lowest BCUT2D eigenvalue weighted by molar-refractivity contribution is 0.0688. The van der Waals surface area contributed by atoms with E-state index in [1.54, 1.807) is 0 Å². The van der Waals surface area contributed by atoms with Crippen molar-refractivity contribution in [1.82, 2.24) is 10.2 Å². The molecule has 0 amide bonds. The SMILES string of the molecule is O=C(O)c1cc(C(F)F)cnn1. The Hall–Kier alpha value is -1.59. The van der Waals surface area contributed by atoms with Crippen LogP contribution in [0.1, 0.15) is 22.5 Å². The molecule has 0 saturated carbocycles. The van der Waals surface area contributed by atoms with Gasteiger partial charge in [0.15, 0.2) is 5.69 Å². The van der Waals surface area contributed by atoms with Gasteiger partial charge in [0.05, 0.1) is 6.20 Å². The molecule has 0 radical (unpaired) electrons. The van der Waals surface area contributed by atoms with Crippen LogP contribution in [-0.4, -0.2) is 21.3 Å². The van der Waals surface area contributed by atoms with E-state index >= 15 is 0 Å². The highest BCUT2D eigenvalue weighted by Crippen LogP contribution is 2.17. The molecule has 0 aliphatic heterocycles. The zero-order valence-electron chi connectivity index (χ0n) is 5.74. The van der Waals surface area contributed by atoms with Gasteiger partial charge in [-0.1, -0.05) is 0 Å². The smallest absolute Gasteiger partial charge is 0.356 e. The first-order valence-corrected chi connectivity index (χ1v) is 2.95. The molecule has 0 fully saturated rings. The molecule has 1 rings (SSSR count). The monoisotopic (exact) mass is 174 g/mol. The van der Waals surface area contributed by atoms with Gasteiger partial charge in [-0.2, -0.15) is 5.10 Å². The summed E-state index contributed by atoms with van der Waals surface area (Å²) in [6.45, 7) is 0. The van der Waals surface area contributed by atoms with E-state index in [0.29, 0.717) is 0 Å². The molecule has 1 heterocycles. The van der Waals surface area contributed by atoms with Crippen molar-refractivity contribution in [3.05, 3.63) is 23.5 Å². The minimum Gasteiger partial charge on any atom is -0.476 e. The van der Waals surface area contributed by atoms with E-state index in [-0.39, 0.29) is 0 Å². The summed E-state index contributed by atoms with van der Waals surface area (Å²) in [4.78, 5) is 10.2. The van der Waals surface area contributed by atoms with E-state index in [9.17, 15) is 13.6 Å². The minimum atomic E-state index is -2.72. The molecule has 0 spiro atoms. The third-order valence-corrected chi connectivity index (χ3v) is 1.15. The Labute approximate surface area is 65.9 Å². The molecule has 0 aromatic carbocycles. The molecule has 0 aliphatic rings. The summed E-state index contributed by atoms with van der Waals surface area (Å²) in [6.07, 6.45) is -1.89. The average molecular weight is 174 g/mol. The van der Waals surface area contributed by atoms with Crippen LogP contribution in [0, 0.1) is 0 Å². The predicted octanol–water partition coefficient (Wildman–Crippen LogP) is 1.11. The Morgan fingerprint density at radius 3 is 2.75 bits per heavy atom. The largest absolute Gasteiger partial charge is 0.476 e. The van der Waals surface area contributed by atoms with Gasteiger partial charge in [0.25, 0.3) is 6.43 Å². The summed E-state index contributed by atoms with van der Waals surface area (Å²) in [5.41, 5.74) is -0.921. The van der Waals surface area contributed by atoms with Gasteiger partial charge in [0.2, 0.25) is 0 Å². The first kappa shape index (κ1) is 8.51. The molecule has 1 aromatic heterocycles. The Kier molecular flexibility index (Phi) is 2.27. The zero-order chi connectivity index (χ0) is 9.14. The number of hydrogen-bond acceptors (Lipinski definition) is 3.